The molecule has 4 rings (SSSR count). The van der Waals surface area contributed by atoms with Gasteiger partial charge in [0.25, 0.3) is 0 Å². The first-order valence-corrected chi connectivity index (χ1v) is 9.25. The number of anilines is 1. The molecule has 0 N–H and O–H groups in total. The first kappa shape index (κ1) is 16.8. The van der Waals surface area contributed by atoms with E-state index in [-0.39, 0.29) is 5.69 Å². The molecule has 0 spiro atoms. The lowest BCUT2D eigenvalue weighted by Gasteiger charge is -2.32. The molecule has 3 aromatic rings. The Balaban J connectivity index is 1.43. The fourth-order valence-corrected chi connectivity index (χ4v) is 3.75. The van der Waals surface area contributed by atoms with Crippen molar-refractivity contribution < 1.29 is 0 Å². The Bertz CT molecular complexity index is 968. The van der Waals surface area contributed by atoms with E-state index in [1.54, 1.807) is 11.6 Å². The molecule has 7 nitrogen and oxygen atoms in total. The smallest absolute Gasteiger partial charge is 0.345 e. The Morgan fingerprint density at radius 1 is 1.15 bits per heavy atom. The average Bonchev–Trinajstić information content (AvgIpc) is 2.95. The topological polar surface area (TPSA) is 68.8 Å². The molecule has 0 atom stereocenters. The Morgan fingerprint density at radius 3 is 2.62 bits per heavy atom. The number of aromatic nitrogens is 5. The van der Waals surface area contributed by atoms with Crippen LogP contribution in [0.3, 0.4) is 0 Å². The number of hydrogen-bond donors (Lipinski definition) is 0. The van der Waals surface area contributed by atoms with Gasteiger partial charge in [-0.05, 0) is 37.8 Å². The monoisotopic (exact) mass is 352 g/mol. The summed E-state index contributed by atoms with van der Waals surface area (Å²) in [6, 6.07) is 7.96. The van der Waals surface area contributed by atoms with Gasteiger partial charge in [0.2, 0.25) is 0 Å². The molecule has 1 fully saturated rings. The first-order chi connectivity index (χ1) is 12.7. The van der Waals surface area contributed by atoms with Gasteiger partial charge in [-0.15, -0.1) is 0 Å². The Labute approximate surface area is 152 Å². The summed E-state index contributed by atoms with van der Waals surface area (Å²) in [4.78, 5) is 23.6. The van der Waals surface area contributed by atoms with Crippen molar-refractivity contribution in [1.82, 2.24) is 24.3 Å². The van der Waals surface area contributed by atoms with Gasteiger partial charge in [-0.25, -0.2) is 14.5 Å². The molecule has 1 saturated heterocycles. The Kier molecular flexibility index (Phi) is 4.44. The van der Waals surface area contributed by atoms with Crippen LogP contribution in [0.4, 0.5) is 5.82 Å². The molecule has 3 heterocycles. The van der Waals surface area contributed by atoms with Gasteiger partial charge >= 0.3 is 5.69 Å². The maximum atomic E-state index is 12.0. The van der Waals surface area contributed by atoms with Crippen molar-refractivity contribution in [2.24, 2.45) is 13.0 Å². The molecular formula is C19H24N6O. The van der Waals surface area contributed by atoms with Crippen molar-refractivity contribution in [2.45, 2.75) is 32.7 Å². The molecule has 1 aliphatic rings. The SMILES string of the molecule is CCn1c(CC2CCN(c3cnc4ccccc4n3)CC2)nn(C)c1=O. The third-order valence-electron chi connectivity index (χ3n) is 5.25. The van der Waals surface area contributed by atoms with Crippen LogP contribution in [0.5, 0.6) is 0 Å². The van der Waals surface area contributed by atoms with E-state index in [0.29, 0.717) is 12.5 Å². The van der Waals surface area contributed by atoms with Crippen LogP contribution in [0.25, 0.3) is 11.0 Å². The van der Waals surface area contributed by atoms with E-state index in [0.717, 1.165) is 55.0 Å². The Hall–Kier alpha value is -2.70. The van der Waals surface area contributed by atoms with Crippen LogP contribution < -0.4 is 10.6 Å². The fourth-order valence-electron chi connectivity index (χ4n) is 3.75. The van der Waals surface area contributed by atoms with Crippen LogP contribution in [0, 0.1) is 5.92 Å². The highest BCUT2D eigenvalue weighted by molar-refractivity contribution is 5.75. The molecule has 0 amide bonds. The van der Waals surface area contributed by atoms with Crippen molar-refractivity contribution in [2.75, 3.05) is 18.0 Å². The number of fused-ring (bicyclic) bond motifs is 1. The predicted octanol–water partition coefficient (Wildman–Crippen LogP) is 2.00. The van der Waals surface area contributed by atoms with Crippen LogP contribution in [0.1, 0.15) is 25.6 Å². The minimum absolute atomic E-state index is 0.0219. The van der Waals surface area contributed by atoms with Crippen LogP contribution in [-0.4, -0.2) is 37.4 Å². The minimum atomic E-state index is -0.0219. The number of piperidine rings is 1. The van der Waals surface area contributed by atoms with Crippen LogP contribution in [-0.2, 0) is 20.0 Å². The van der Waals surface area contributed by atoms with Crippen molar-refractivity contribution in [3.63, 3.8) is 0 Å². The first-order valence-electron chi connectivity index (χ1n) is 9.25. The summed E-state index contributed by atoms with van der Waals surface area (Å²) in [6.45, 7) is 4.59. The molecular weight excluding hydrogens is 328 g/mol. The summed E-state index contributed by atoms with van der Waals surface area (Å²) >= 11 is 0. The summed E-state index contributed by atoms with van der Waals surface area (Å²) in [7, 11) is 1.72. The lowest BCUT2D eigenvalue weighted by Crippen LogP contribution is -2.35. The zero-order valence-corrected chi connectivity index (χ0v) is 15.3. The van der Waals surface area contributed by atoms with Gasteiger partial charge < -0.3 is 4.90 Å². The molecule has 0 saturated carbocycles. The fraction of sp³-hybridized carbons (Fsp3) is 0.474. The van der Waals surface area contributed by atoms with Gasteiger partial charge in [-0.1, -0.05) is 12.1 Å². The van der Waals surface area contributed by atoms with Crippen molar-refractivity contribution in [3.05, 3.63) is 46.8 Å². The number of rotatable bonds is 4. The third kappa shape index (κ3) is 3.09. The lowest BCUT2D eigenvalue weighted by atomic mass is 9.93. The van der Waals surface area contributed by atoms with E-state index < -0.39 is 0 Å². The van der Waals surface area contributed by atoms with E-state index in [4.69, 9.17) is 4.98 Å². The number of benzene rings is 1. The van der Waals surface area contributed by atoms with E-state index >= 15 is 0 Å². The molecule has 136 valence electrons. The normalized spacial score (nSPS) is 15.7. The number of aryl methyl sites for hydroxylation is 1. The highest BCUT2D eigenvalue weighted by atomic mass is 16.2. The summed E-state index contributed by atoms with van der Waals surface area (Å²) in [5, 5.41) is 4.42. The Morgan fingerprint density at radius 2 is 1.88 bits per heavy atom. The molecule has 7 heteroatoms. The largest absolute Gasteiger partial charge is 0.355 e. The summed E-state index contributed by atoms with van der Waals surface area (Å²) in [5.41, 5.74) is 1.85. The highest BCUT2D eigenvalue weighted by Crippen LogP contribution is 2.24. The van der Waals surface area contributed by atoms with Gasteiger partial charge in [0.05, 0.1) is 17.2 Å². The summed E-state index contributed by atoms with van der Waals surface area (Å²) in [5.74, 6) is 2.40. The van der Waals surface area contributed by atoms with Crippen LogP contribution >= 0.6 is 0 Å². The highest BCUT2D eigenvalue weighted by Gasteiger charge is 2.23. The number of hydrogen-bond acceptors (Lipinski definition) is 5. The van der Waals surface area contributed by atoms with Crippen molar-refractivity contribution in [3.8, 4) is 0 Å². The third-order valence-corrected chi connectivity index (χ3v) is 5.25. The molecule has 0 unspecified atom stereocenters. The van der Waals surface area contributed by atoms with Gasteiger partial charge in [0.15, 0.2) is 0 Å². The van der Waals surface area contributed by atoms with E-state index in [2.05, 4.69) is 15.0 Å². The molecule has 0 aliphatic carbocycles. The minimum Gasteiger partial charge on any atom is -0.355 e. The zero-order valence-electron chi connectivity index (χ0n) is 15.3. The zero-order chi connectivity index (χ0) is 18.1. The van der Waals surface area contributed by atoms with E-state index in [1.165, 1.54) is 4.68 Å². The van der Waals surface area contributed by atoms with Crippen molar-refractivity contribution in [1.29, 1.82) is 0 Å². The molecule has 26 heavy (non-hydrogen) atoms. The van der Waals surface area contributed by atoms with Gasteiger partial charge in [0, 0.05) is 33.1 Å². The molecule has 1 aliphatic heterocycles. The van der Waals surface area contributed by atoms with Gasteiger partial charge in [-0.2, -0.15) is 5.10 Å². The molecule has 0 radical (unpaired) electrons. The second kappa shape index (κ2) is 6.90. The molecule has 1 aromatic carbocycles. The maximum Gasteiger partial charge on any atom is 0.345 e. The standard InChI is InChI=1S/C19H24N6O/c1-3-25-17(22-23(2)19(25)26)12-14-8-10-24(11-9-14)18-13-20-15-6-4-5-7-16(15)21-18/h4-7,13-14H,3,8-12H2,1-2H3. The number of para-hydroxylation sites is 2. The van der Waals surface area contributed by atoms with Crippen molar-refractivity contribution >= 4 is 16.9 Å². The molecule has 2 aromatic heterocycles. The summed E-state index contributed by atoms with van der Waals surface area (Å²) < 4.78 is 3.22. The molecule has 0 bridgehead atoms. The average molecular weight is 352 g/mol. The van der Waals surface area contributed by atoms with Crippen LogP contribution in [0.15, 0.2) is 35.3 Å². The van der Waals surface area contributed by atoms with E-state index in [1.807, 2.05) is 37.4 Å². The summed E-state index contributed by atoms with van der Waals surface area (Å²) in [6.07, 6.45) is 4.88. The number of nitrogens with zero attached hydrogens (tertiary/aromatic N) is 6. The predicted molar refractivity (Wildman–Crippen MR) is 101 cm³/mol. The quantitative estimate of drug-likeness (QED) is 0.718. The van der Waals surface area contributed by atoms with Crippen LogP contribution in [0.2, 0.25) is 0 Å². The lowest BCUT2D eigenvalue weighted by molar-refractivity contribution is 0.389. The van der Waals surface area contributed by atoms with Gasteiger partial charge in [0.1, 0.15) is 11.6 Å². The van der Waals surface area contributed by atoms with Gasteiger partial charge in [-0.3, -0.25) is 9.55 Å². The second-order valence-corrected chi connectivity index (χ2v) is 6.92. The maximum absolute atomic E-state index is 12.0. The van der Waals surface area contributed by atoms with E-state index in [9.17, 15) is 4.79 Å². The second-order valence-electron chi connectivity index (χ2n) is 6.92.